The highest BCUT2D eigenvalue weighted by atomic mass is 19.1. The van der Waals surface area contributed by atoms with E-state index in [1.54, 1.807) is 17.0 Å². The van der Waals surface area contributed by atoms with E-state index >= 15 is 0 Å². The fourth-order valence-electron chi connectivity index (χ4n) is 3.83. The molecule has 0 saturated carbocycles. The van der Waals surface area contributed by atoms with Gasteiger partial charge in [0.05, 0.1) is 13.1 Å². The SMILES string of the molecule is CN(C)CCCC(=O)N1CCCC2(C1)CN(c1ccc(F)cc1)C(=O)CO2. The van der Waals surface area contributed by atoms with Crippen LogP contribution in [0.25, 0.3) is 0 Å². The van der Waals surface area contributed by atoms with Crippen LogP contribution in [0.3, 0.4) is 0 Å². The number of amides is 2. The van der Waals surface area contributed by atoms with Gasteiger partial charge in [0.15, 0.2) is 0 Å². The topological polar surface area (TPSA) is 53.1 Å². The molecule has 2 fully saturated rings. The zero-order valence-electron chi connectivity index (χ0n) is 16.1. The Kier molecular flexibility index (Phi) is 6.11. The number of likely N-dealkylation sites (tertiary alicyclic amines) is 1. The van der Waals surface area contributed by atoms with Crippen molar-refractivity contribution in [1.29, 1.82) is 0 Å². The van der Waals surface area contributed by atoms with Gasteiger partial charge in [0.2, 0.25) is 5.91 Å². The second kappa shape index (κ2) is 8.35. The van der Waals surface area contributed by atoms with Gasteiger partial charge in [0.1, 0.15) is 18.0 Å². The van der Waals surface area contributed by atoms with E-state index in [9.17, 15) is 14.0 Å². The zero-order valence-corrected chi connectivity index (χ0v) is 16.1. The molecule has 0 radical (unpaired) electrons. The van der Waals surface area contributed by atoms with Crippen LogP contribution in [0.15, 0.2) is 24.3 Å². The summed E-state index contributed by atoms with van der Waals surface area (Å²) in [7, 11) is 3.99. The lowest BCUT2D eigenvalue weighted by atomic mass is 9.90. The number of carbonyl (C=O) groups excluding carboxylic acids is 2. The molecule has 2 saturated heterocycles. The van der Waals surface area contributed by atoms with E-state index in [4.69, 9.17) is 4.74 Å². The van der Waals surface area contributed by atoms with Crippen molar-refractivity contribution in [2.75, 3.05) is 51.8 Å². The normalized spacial score (nSPS) is 23.3. The number of nitrogens with zero attached hydrogens (tertiary/aromatic N) is 3. The van der Waals surface area contributed by atoms with E-state index in [1.165, 1.54) is 12.1 Å². The highest BCUT2D eigenvalue weighted by Gasteiger charge is 2.44. The summed E-state index contributed by atoms with van der Waals surface area (Å²) in [5, 5.41) is 0. The van der Waals surface area contributed by atoms with Gasteiger partial charge >= 0.3 is 0 Å². The first-order valence-electron chi connectivity index (χ1n) is 9.51. The number of morpholine rings is 1. The highest BCUT2D eigenvalue weighted by Crippen LogP contribution is 2.32. The number of halogens is 1. The van der Waals surface area contributed by atoms with Gasteiger partial charge in [-0.15, -0.1) is 0 Å². The fraction of sp³-hybridized carbons (Fsp3) is 0.600. The third kappa shape index (κ3) is 4.84. The second-order valence-corrected chi connectivity index (χ2v) is 7.75. The summed E-state index contributed by atoms with van der Waals surface area (Å²) in [6, 6.07) is 5.93. The average molecular weight is 377 g/mol. The molecule has 27 heavy (non-hydrogen) atoms. The molecule has 7 heteroatoms. The predicted molar refractivity (Wildman–Crippen MR) is 101 cm³/mol. The van der Waals surface area contributed by atoms with Gasteiger partial charge in [-0.1, -0.05) is 0 Å². The third-order valence-electron chi connectivity index (χ3n) is 5.28. The van der Waals surface area contributed by atoms with Crippen LogP contribution < -0.4 is 4.90 Å². The summed E-state index contributed by atoms with van der Waals surface area (Å²) in [5.74, 6) is -0.326. The Hall–Kier alpha value is -1.99. The monoisotopic (exact) mass is 377 g/mol. The molecule has 2 heterocycles. The van der Waals surface area contributed by atoms with Crippen LogP contribution in [0.4, 0.5) is 10.1 Å². The molecule has 148 valence electrons. The van der Waals surface area contributed by atoms with Gasteiger partial charge in [-0.05, 0) is 64.2 Å². The number of carbonyl (C=O) groups is 2. The molecule has 3 rings (SSSR count). The molecule has 2 aliphatic rings. The molecule has 1 aromatic carbocycles. The first kappa shape index (κ1) is 19.8. The zero-order chi connectivity index (χ0) is 19.4. The van der Waals surface area contributed by atoms with Crippen molar-refractivity contribution in [2.24, 2.45) is 0 Å². The summed E-state index contributed by atoms with van der Waals surface area (Å²) in [4.78, 5) is 30.5. The van der Waals surface area contributed by atoms with E-state index in [1.807, 2.05) is 19.0 Å². The van der Waals surface area contributed by atoms with Crippen molar-refractivity contribution < 1.29 is 18.7 Å². The number of hydrogen-bond acceptors (Lipinski definition) is 4. The Labute approximate surface area is 159 Å². The van der Waals surface area contributed by atoms with Crippen LogP contribution in [-0.4, -0.2) is 74.1 Å². The number of benzene rings is 1. The molecule has 1 spiro atoms. The Morgan fingerprint density at radius 2 is 2.00 bits per heavy atom. The Morgan fingerprint density at radius 3 is 2.70 bits per heavy atom. The molecular formula is C20H28FN3O3. The van der Waals surface area contributed by atoms with Crippen LogP contribution in [0.5, 0.6) is 0 Å². The maximum absolute atomic E-state index is 13.2. The van der Waals surface area contributed by atoms with Gasteiger partial charge in [-0.3, -0.25) is 9.59 Å². The molecule has 0 bridgehead atoms. The van der Waals surface area contributed by atoms with E-state index < -0.39 is 5.60 Å². The number of piperidine rings is 1. The number of rotatable bonds is 5. The van der Waals surface area contributed by atoms with Crippen LogP contribution >= 0.6 is 0 Å². The lowest BCUT2D eigenvalue weighted by Crippen LogP contribution is -2.62. The standard InChI is InChI=1S/C20H28FN3O3/c1-22(2)11-3-5-18(25)23-12-4-10-20(14-23)15-24(19(26)13-27-20)17-8-6-16(21)7-9-17/h6-9H,3-5,10-15H2,1-2H3. The van der Waals surface area contributed by atoms with Gasteiger partial charge in [-0.25, -0.2) is 4.39 Å². The van der Waals surface area contributed by atoms with Crippen molar-refractivity contribution in [2.45, 2.75) is 31.3 Å². The van der Waals surface area contributed by atoms with Gasteiger partial charge in [0.25, 0.3) is 5.91 Å². The van der Waals surface area contributed by atoms with E-state index in [0.29, 0.717) is 25.2 Å². The van der Waals surface area contributed by atoms with Crippen LogP contribution in [-0.2, 0) is 14.3 Å². The van der Waals surface area contributed by atoms with Crippen LogP contribution in [0.2, 0.25) is 0 Å². The minimum absolute atomic E-state index is 0.0139. The Bertz CT molecular complexity index is 680. The minimum atomic E-state index is -0.544. The first-order valence-corrected chi connectivity index (χ1v) is 9.51. The first-order chi connectivity index (χ1) is 12.9. The summed E-state index contributed by atoms with van der Waals surface area (Å²) >= 11 is 0. The highest BCUT2D eigenvalue weighted by molar-refractivity contribution is 5.95. The molecule has 2 aliphatic heterocycles. The Balaban J connectivity index is 1.66. The molecule has 6 nitrogen and oxygen atoms in total. The minimum Gasteiger partial charge on any atom is -0.361 e. The molecule has 0 N–H and O–H groups in total. The summed E-state index contributed by atoms with van der Waals surface area (Å²) in [5.41, 5.74) is 0.121. The van der Waals surface area contributed by atoms with Gasteiger partial charge in [0, 0.05) is 18.7 Å². The third-order valence-corrected chi connectivity index (χ3v) is 5.28. The van der Waals surface area contributed by atoms with E-state index in [0.717, 1.165) is 32.4 Å². The van der Waals surface area contributed by atoms with Crippen molar-refractivity contribution >= 4 is 17.5 Å². The summed E-state index contributed by atoms with van der Waals surface area (Å²) < 4.78 is 19.2. The van der Waals surface area contributed by atoms with Gasteiger partial charge < -0.3 is 19.4 Å². The lowest BCUT2D eigenvalue weighted by Gasteiger charge is -2.47. The summed E-state index contributed by atoms with van der Waals surface area (Å²) in [6.45, 7) is 2.49. The molecule has 0 aliphatic carbocycles. The average Bonchev–Trinajstić information content (AvgIpc) is 2.64. The van der Waals surface area contributed by atoms with Crippen LogP contribution in [0, 0.1) is 5.82 Å². The van der Waals surface area contributed by atoms with Crippen molar-refractivity contribution in [3.63, 3.8) is 0 Å². The molecule has 1 aromatic rings. The fourth-order valence-corrected chi connectivity index (χ4v) is 3.83. The molecule has 0 aromatic heterocycles. The number of anilines is 1. The molecule has 1 unspecified atom stereocenters. The van der Waals surface area contributed by atoms with Crippen molar-refractivity contribution in [3.8, 4) is 0 Å². The largest absolute Gasteiger partial charge is 0.361 e. The van der Waals surface area contributed by atoms with Crippen molar-refractivity contribution in [3.05, 3.63) is 30.1 Å². The smallest absolute Gasteiger partial charge is 0.253 e. The second-order valence-electron chi connectivity index (χ2n) is 7.75. The van der Waals surface area contributed by atoms with Crippen LogP contribution in [0.1, 0.15) is 25.7 Å². The van der Waals surface area contributed by atoms with E-state index in [-0.39, 0.29) is 24.2 Å². The quantitative estimate of drug-likeness (QED) is 0.786. The summed E-state index contributed by atoms with van der Waals surface area (Å²) in [6.07, 6.45) is 3.01. The van der Waals surface area contributed by atoms with Gasteiger partial charge in [-0.2, -0.15) is 0 Å². The van der Waals surface area contributed by atoms with Crippen molar-refractivity contribution in [1.82, 2.24) is 9.80 Å². The lowest BCUT2D eigenvalue weighted by molar-refractivity contribution is -0.153. The number of hydrogen-bond donors (Lipinski definition) is 0. The van der Waals surface area contributed by atoms with E-state index in [2.05, 4.69) is 4.90 Å². The maximum atomic E-state index is 13.2. The Morgan fingerprint density at radius 1 is 1.26 bits per heavy atom. The molecule has 1 atom stereocenters. The molecule has 2 amide bonds. The number of ether oxygens (including phenoxy) is 1. The molecular weight excluding hydrogens is 349 g/mol. The maximum Gasteiger partial charge on any atom is 0.253 e. The predicted octanol–water partition coefficient (Wildman–Crippen LogP) is 1.89.